The first-order chi connectivity index (χ1) is 10.6. The summed E-state index contributed by atoms with van der Waals surface area (Å²) in [6, 6.07) is 8.84. The molecular formula is C17H22N2O3. The van der Waals surface area contributed by atoms with Crippen LogP contribution in [-0.2, 0) is 9.53 Å². The van der Waals surface area contributed by atoms with Crippen LogP contribution in [0, 0.1) is 11.3 Å². The van der Waals surface area contributed by atoms with Gasteiger partial charge in [0.25, 0.3) is 5.91 Å². The van der Waals surface area contributed by atoms with E-state index < -0.39 is 6.10 Å². The van der Waals surface area contributed by atoms with Crippen molar-refractivity contribution in [3.05, 3.63) is 29.8 Å². The second-order valence-corrected chi connectivity index (χ2v) is 5.38. The minimum absolute atomic E-state index is 0.000641. The van der Waals surface area contributed by atoms with E-state index in [9.17, 15) is 4.79 Å². The predicted molar refractivity (Wildman–Crippen MR) is 82.5 cm³/mol. The van der Waals surface area contributed by atoms with Gasteiger partial charge in [0.1, 0.15) is 5.75 Å². The quantitative estimate of drug-likeness (QED) is 0.837. The molecule has 5 heteroatoms. The molecule has 1 fully saturated rings. The number of amides is 1. The van der Waals surface area contributed by atoms with E-state index in [-0.39, 0.29) is 12.0 Å². The molecule has 1 aliphatic rings. The molecule has 2 rings (SSSR count). The maximum absolute atomic E-state index is 12.4. The van der Waals surface area contributed by atoms with Crippen LogP contribution in [0.25, 0.3) is 0 Å². The third-order valence-electron chi connectivity index (χ3n) is 3.80. The smallest absolute Gasteiger partial charge is 0.263 e. The van der Waals surface area contributed by atoms with E-state index in [0.29, 0.717) is 24.4 Å². The number of hydrogen-bond donors (Lipinski definition) is 0. The Hall–Kier alpha value is -2.06. The number of carbonyl (C=O) groups excluding carboxylic acids is 1. The fourth-order valence-corrected chi connectivity index (χ4v) is 2.60. The molecule has 1 aromatic rings. The van der Waals surface area contributed by atoms with Crippen LogP contribution in [0.4, 0.5) is 0 Å². The van der Waals surface area contributed by atoms with Gasteiger partial charge in [0.05, 0.1) is 17.7 Å². The lowest BCUT2D eigenvalue weighted by atomic mass is 10.1. The zero-order valence-corrected chi connectivity index (χ0v) is 13.1. The van der Waals surface area contributed by atoms with Crippen molar-refractivity contribution in [3.8, 4) is 11.8 Å². The molecule has 0 radical (unpaired) electrons. The molecular weight excluding hydrogens is 280 g/mol. The number of nitrogens with zero attached hydrogens (tertiary/aromatic N) is 2. The Kier molecular flexibility index (Phi) is 5.79. The lowest BCUT2D eigenvalue weighted by Crippen LogP contribution is -2.46. The Bertz CT molecular complexity index is 528. The molecule has 118 valence electrons. The molecule has 0 aliphatic carbocycles. The van der Waals surface area contributed by atoms with Gasteiger partial charge in [-0.1, -0.05) is 0 Å². The monoisotopic (exact) mass is 302 g/mol. The van der Waals surface area contributed by atoms with E-state index in [0.717, 1.165) is 19.4 Å². The lowest BCUT2D eigenvalue weighted by molar-refractivity contribution is -0.140. The summed E-state index contributed by atoms with van der Waals surface area (Å²) in [4.78, 5) is 14.2. The summed E-state index contributed by atoms with van der Waals surface area (Å²) in [5, 5.41) is 8.77. The van der Waals surface area contributed by atoms with Crippen LogP contribution in [0.2, 0.25) is 0 Å². The number of rotatable bonds is 5. The molecule has 0 N–H and O–H groups in total. The Labute approximate surface area is 131 Å². The summed E-state index contributed by atoms with van der Waals surface area (Å²) in [7, 11) is 0. The fourth-order valence-electron chi connectivity index (χ4n) is 2.60. The van der Waals surface area contributed by atoms with Gasteiger partial charge in [0.15, 0.2) is 6.10 Å². The minimum atomic E-state index is -0.531. The summed E-state index contributed by atoms with van der Waals surface area (Å²) in [6.07, 6.45) is 1.49. The molecule has 1 aromatic carbocycles. The number of ether oxygens (including phenoxy) is 2. The molecule has 5 nitrogen and oxygen atoms in total. The average Bonchev–Trinajstić information content (AvgIpc) is 2.56. The molecule has 1 aliphatic heterocycles. The van der Waals surface area contributed by atoms with Crippen LogP contribution in [0.5, 0.6) is 5.75 Å². The molecule has 1 saturated heterocycles. The number of benzene rings is 1. The summed E-state index contributed by atoms with van der Waals surface area (Å²) in [6.45, 7) is 5.89. The highest BCUT2D eigenvalue weighted by molar-refractivity contribution is 5.81. The molecule has 0 saturated carbocycles. The second-order valence-electron chi connectivity index (χ2n) is 5.38. The Balaban J connectivity index is 1.85. The van der Waals surface area contributed by atoms with Crippen molar-refractivity contribution in [1.29, 1.82) is 5.26 Å². The molecule has 1 heterocycles. The van der Waals surface area contributed by atoms with E-state index >= 15 is 0 Å². The van der Waals surface area contributed by atoms with E-state index in [1.165, 1.54) is 0 Å². The largest absolute Gasteiger partial charge is 0.481 e. The summed E-state index contributed by atoms with van der Waals surface area (Å²) >= 11 is 0. The van der Waals surface area contributed by atoms with Gasteiger partial charge in [-0.15, -0.1) is 0 Å². The standard InChI is InChI=1S/C17H22N2O3/c1-3-21-15-8-10-19(11-9-15)17(20)13(2)22-16-6-4-14(12-18)5-7-16/h4-7,13,15H,3,8-11H2,1-2H3. The first kappa shape index (κ1) is 16.3. The molecule has 0 aromatic heterocycles. The Morgan fingerprint density at radius 3 is 2.55 bits per heavy atom. The lowest BCUT2D eigenvalue weighted by Gasteiger charge is -2.33. The van der Waals surface area contributed by atoms with Crippen molar-refractivity contribution < 1.29 is 14.3 Å². The summed E-state index contributed by atoms with van der Waals surface area (Å²) in [5.41, 5.74) is 0.573. The topological polar surface area (TPSA) is 62.6 Å². The number of nitriles is 1. The van der Waals surface area contributed by atoms with Gasteiger partial charge in [-0.05, 0) is 51.0 Å². The highest BCUT2D eigenvalue weighted by Gasteiger charge is 2.27. The average molecular weight is 302 g/mol. The second kappa shape index (κ2) is 7.81. The molecule has 0 bridgehead atoms. The van der Waals surface area contributed by atoms with Gasteiger partial charge in [-0.25, -0.2) is 0 Å². The van der Waals surface area contributed by atoms with E-state index in [4.69, 9.17) is 14.7 Å². The molecule has 0 spiro atoms. The number of piperidine rings is 1. The van der Waals surface area contributed by atoms with E-state index in [1.54, 1.807) is 31.2 Å². The van der Waals surface area contributed by atoms with Crippen molar-refractivity contribution in [2.75, 3.05) is 19.7 Å². The van der Waals surface area contributed by atoms with Gasteiger partial charge in [-0.2, -0.15) is 5.26 Å². The van der Waals surface area contributed by atoms with Crippen LogP contribution in [0.1, 0.15) is 32.3 Å². The normalized spacial score (nSPS) is 16.9. The number of likely N-dealkylation sites (tertiary alicyclic amines) is 1. The van der Waals surface area contributed by atoms with Crippen LogP contribution in [0.3, 0.4) is 0 Å². The maximum atomic E-state index is 12.4. The van der Waals surface area contributed by atoms with Crippen LogP contribution >= 0.6 is 0 Å². The van der Waals surface area contributed by atoms with Crippen LogP contribution in [-0.4, -0.2) is 42.7 Å². The summed E-state index contributed by atoms with van der Waals surface area (Å²) < 4.78 is 11.3. The predicted octanol–water partition coefficient (Wildman–Crippen LogP) is 2.35. The third-order valence-corrected chi connectivity index (χ3v) is 3.80. The van der Waals surface area contributed by atoms with Crippen LogP contribution in [0.15, 0.2) is 24.3 Å². The molecule has 1 unspecified atom stereocenters. The van der Waals surface area contributed by atoms with Gasteiger partial charge in [-0.3, -0.25) is 4.79 Å². The molecule has 1 amide bonds. The van der Waals surface area contributed by atoms with Gasteiger partial charge >= 0.3 is 0 Å². The van der Waals surface area contributed by atoms with Gasteiger partial charge < -0.3 is 14.4 Å². The molecule has 1 atom stereocenters. The Morgan fingerprint density at radius 1 is 1.36 bits per heavy atom. The zero-order valence-electron chi connectivity index (χ0n) is 13.1. The Morgan fingerprint density at radius 2 is 2.00 bits per heavy atom. The SMILES string of the molecule is CCOC1CCN(C(=O)C(C)Oc2ccc(C#N)cc2)CC1. The van der Waals surface area contributed by atoms with Gasteiger partial charge in [0.2, 0.25) is 0 Å². The van der Waals surface area contributed by atoms with E-state index in [2.05, 4.69) is 6.07 Å². The zero-order chi connectivity index (χ0) is 15.9. The van der Waals surface area contributed by atoms with E-state index in [1.807, 2.05) is 11.8 Å². The van der Waals surface area contributed by atoms with Crippen LogP contribution < -0.4 is 4.74 Å². The van der Waals surface area contributed by atoms with Crippen molar-refractivity contribution in [2.45, 2.75) is 38.9 Å². The first-order valence-electron chi connectivity index (χ1n) is 7.71. The van der Waals surface area contributed by atoms with Crippen molar-refractivity contribution in [2.24, 2.45) is 0 Å². The number of carbonyl (C=O) groups is 1. The van der Waals surface area contributed by atoms with Crippen molar-refractivity contribution in [1.82, 2.24) is 4.90 Å². The minimum Gasteiger partial charge on any atom is -0.481 e. The fraction of sp³-hybridized carbons (Fsp3) is 0.529. The highest BCUT2D eigenvalue weighted by Crippen LogP contribution is 2.17. The molecule has 22 heavy (non-hydrogen) atoms. The van der Waals surface area contributed by atoms with Crippen molar-refractivity contribution in [3.63, 3.8) is 0 Å². The number of hydrogen-bond acceptors (Lipinski definition) is 4. The highest BCUT2D eigenvalue weighted by atomic mass is 16.5. The first-order valence-corrected chi connectivity index (χ1v) is 7.71. The van der Waals surface area contributed by atoms with Gasteiger partial charge in [0, 0.05) is 19.7 Å². The third kappa shape index (κ3) is 4.22. The summed E-state index contributed by atoms with van der Waals surface area (Å²) in [5.74, 6) is 0.600. The maximum Gasteiger partial charge on any atom is 0.263 e. The van der Waals surface area contributed by atoms with Crippen molar-refractivity contribution >= 4 is 5.91 Å².